The van der Waals surface area contributed by atoms with Crippen LogP contribution in [0, 0.1) is 0 Å². The number of sulfonamides is 1. The van der Waals surface area contributed by atoms with Crippen molar-refractivity contribution in [2.24, 2.45) is 0 Å². The zero-order chi connectivity index (χ0) is 20.5. The summed E-state index contributed by atoms with van der Waals surface area (Å²) in [6, 6.07) is 9.79. The summed E-state index contributed by atoms with van der Waals surface area (Å²) in [6.07, 6.45) is 1.43. The van der Waals surface area contributed by atoms with Gasteiger partial charge in [-0.25, -0.2) is 12.7 Å². The van der Waals surface area contributed by atoms with Gasteiger partial charge < -0.3 is 9.64 Å². The van der Waals surface area contributed by atoms with Gasteiger partial charge in [-0.3, -0.25) is 4.79 Å². The van der Waals surface area contributed by atoms with Crippen molar-refractivity contribution in [3.63, 3.8) is 0 Å². The number of halogens is 2. The van der Waals surface area contributed by atoms with Crippen LogP contribution >= 0.6 is 23.2 Å². The second-order valence-corrected chi connectivity index (χ2v) is 9.53. The fourth-order valence-corrected chi connectivity index (χ4v) is 4.50. The molecule has 2 aromatic rings. The van der Waals surface area contributed by atoms with E-state index in [1.54, 1.807) is 35.2 Å². The molecule has 0 aromatic heterocycles. The Morgan fingerprint density at radius 3 is 2.50 bits per heavy atom. The number of carbonyl (C=O) groups excluding carboxylic acids is 1. The third-order valence-electron chi connectivity index (χ3n) is 4.51. The summed E-state index contributed by atoms with van der Waals surface area (Å²) in [5.41, 5.74) is 1.51. The molecule has 6 nitrogen and oxygen atoms in total. The number of hydrogen-bond donors (Lipinski definition) is 0. The van der Waals surface area contributed by atoms with Crippen LogP contribution in [-0.4, -0.2) is 45.9 Å². The van der Waals surface area contributed by atoms with Crippen LogP contribution in [0.5, 0.6) is 5.75 Å². The Hall–Kier alpha value is -1.80. The second-order valence-electron chi connectivity index (χ2n) is 6.57. The fourth-order valence-electron chi connectivity index (χ4n) is 3.04. The van der Waals surface area contributed by atoms with Gasteiger partial charge in [0.15, 0.2) is 12.4 Å². The molecule has 1 heterocycles. The average molecular weight is 443 g/mol. The van der Waals surface area contributed by atoms with Gasteiger partial charge in [0.1, 0.15) is 0 Å². The Balaban J connectivity index is 1.81. The number of aryl methyl sites for hydroxylation is 1. The number of hydrogen-bond acceptors (Lipinski definition) is 4. The Kier molecular flexibility index (Phi) is 6.19. The van der Waals surface area contributed by atoms with Gasteiger partial charge in [-0.2, -0.15) is 0 Å². The lowest BCUT2D eigenvalue weighted by Crippen LogP contribution is -2.38. The highest BCUT2D eigenvalue weighted by Crippen LogP contribution is 2.33. The molecule has 9 heteroatoms. The molecule has 0 saturated heterocycles. The molecule has 28 heavy (non-hydrogen) atoms. The van der Waals surface area contributed by atoms with Gasteiger partial charge in [0.25, 0.3) is 5.91 Å². The van der Waals surface area contributed by atoms with Crippen molar-refractivity contribution >= 4 is 44.8 Å². The second kappa shape index (κ2) is 8.29. The van der Waals surface area contributed by atoms with E-state index < -0.39 is 10.0 Å². The molecule has 0 aliphatic carbocycles. The van der Waals surface area contributed by atoms with Gasteiger partial charge in [-0.05, 0) is 48.7 Å². The molecule has 0 N–H and O–H groups in total. The summed E-state index contributed by atoms with van der Waals surface area (Å²) in [4.78, 5) is 14.6. The van der Waals surface area contributed by atoms with E-state index in [1.807, 2.05) is 0 Å². The maximum atomic E-state index is 12.7. The largest absolute Gasteiger partial charge is 0.481 e. The standard InChI is InChI=1S/C19H20Cl2N2O4S/c1-22(2)28(25,26)14-8-9-17-13(11-14)5-4-10-23(17)18(24)12-27-19-15(20)6-3-7-16(19)21/h3,6-9,11H,4-5,10,12H2,1-2H3. The SMILES string of the molecule is CN(C)S(=O)(=O)c1ccc2c(c1)CCCN2C(=O)COc1c(Cl)cccc1Cl. The van der Waals surface area contributed by atoms with Gasteiger partial charge in [0.05, 0.1) is 14.9 Å². The summed E-state index contributed by atoms with van der Waals surface area (Å²) >= 11 is 12.1. The minimum absolute atomic E-state index is 0.213. The molecule has 0 unspecified atom stereocenters. The highest BCUT2D eigenvalue weighted by molar-refractivity contribution is 7.89. The van der Waals surface area contributed by atoms with E-state index in [0.29, 0.717) is 28.7 Å². The number of amides is 1. The van der Waals surface area contributed by atoms with E-state index in [4.69, 9.17) is 27.9 Å². The topological polar surface area (TPSA) is 66.9 Å². The first-order valence-corrected chi connectivity index (χ1v) is 10.8. The third kappa shape index (κ3) is 4.12. The predicted molar refractivity (Wildman–Crippen MR) is 110 cm³/mol. The van der Waals surface area contributed by atoms with Crippen LogP contribution in [0.2, 0.25) is 10.0 Å². The summed E-state index contributed by atoms with van der Waals surface area (Å²) in [6.45, 7) is 0.311. The lowest BCUT2D eigenvalue weighted by molar-refractivity contribution is -0.120. The normalized spacial score (nSPS) is 14.1. The minimum Gasteiger partial charge on any atom is -0.481 e. The van der Waals surface area contributed by atoms with Crippen molar-refractivity contribution in [2.75, 3.05) is 32.1 Å². The van der Waals surface area contributed by atoms with Crippen molar-refractivity contribution < 1.29 is 17.9 Å². The molecular weight excluding hydrogens is 423 g/mol. The lowest BCUT2D eigenvalue weighted by atomic mass is 10.0. The highest BCUT2D eigenvalue weighted by Gasteiger charge is 2.26. The minimum atomic E-state index is -3.53. The molecule has 150 valence electrons. The lowest BCUT2D eigenvalue weighted by Gasteiger charge is -2.30. The molecule has 1 aliphatic heterocycles. The van der Waals surface area contributed by atoms with E-state index in [2.05, 4.69) is 0 Å². The smallest absolute Gasteiger partial charge is 0.264 e. The number of benzene rings is 2. The van der Waals surface area contributed by atoms with Crippen LogP contribution in [0.25, 0.3) is 0 Å². The summed E-state index contributed by atoms with van der Waals surface area (Å²) in [5, 5.41) is 0.663. The van der Waals surface area contributed by atoms with Gasteiger partial charge in [0.2, 0.25) is 10.0 Å². The first kappa shape index (κ1) is 20.9. The number of rotatable bonds is 5. The van der Waals surface area contributed by atoms with Crippen LogP contribution < -0.4 is 9.64 Å². The molecule has 3 rings (SSSR count). The van der Waals surface area contributed by atoms with Gasteiger partial charge in [0, 0.05) is 26.3 Å². The number of anilines is 1. The zero-order valence-electron chi connectivity index (χ0n) is 15.5. The fraction of sp³-hybridized carbons (Fsp3) is 0.316. The van der Waals surface area contributed by atoms with Crippen molar-refractivity contribution in [2.45, 2.75) is 17.7 Å². The summed E-state index contributed by atoms with van der Waals surface area (Å²) in [5.74, 6) is 0.0176. The van der Waals surface area contributed by atoms with Crippen LogP contribution in [0.3, 0.4) is 0 Å². The number of para-hydroxylation sites is 1. The molecule has 0 radical (unpaired) electrons. The molecule has 0 fully saturated rings. The molecule has 0 saturated carbocycles. The van der Waals surface area contributed by atoms with Gasteiger partial charge in [-0.1, -0.05) is 29.3 Å². The highest BCUT2D eigenvalue weighted by atomic mass is 35.5. The van der Waals surface area contributed by atoms with Crippen LogP contribution in [0.4, 0.5) is 5.69 Å². The van der Waals surface area contributed by atoms with Gasteiger partial charge >= 0.3 is 0 Å². The first-order valence-electron chi connectivity index (χ1n) is 8.64. The van der Waals surface area contributed by atoms with E-state index in [-0.39, 0.29) is 23.2 Å². The Labute approximate surface area is 174 Å². The van der Waals surface area contributed by atoms with Crippen LogP contribution in [0.15, 0.2) is 41.3 Å². The van der Waals surface area contributed by atoms with Crippen LogP contribution in [-0.2, 0) is 21.2 Å². The molecule has 2 aromatic carbocycles. The molecule has 0 bridgehead atoms. The Morgan fingerprint density at radius 1 is 1.18 bits per heavy atom. The maximum Gasteiger partial charge on any atom is 0.264 e. The van der Waals surface area contributed by atoms with Gasteiger partial charge in [-0.15, -0.1) is 0 Å². The first-order chi connectivity index (χ1) is 13.2. The van der Waals surface area contributed by atoms with Crippen molar-refractivity contribution in [3.8, 4) is 5.75 Å². The zero-order valence-corrected chi connectivity index (χ0v) is 17.8. The Morgan fingerprint density at radius 2 is 1.86 bits per heavy atom. The number of nitrogens with zero attached hydrogens (tertiary/aromatic N) is 2. The molecule has 1 amide bonds. The predicted octanol–water partition coefficient (Wildman–Crippen LogP) is 3.60. The van der Waals surface area contributed by atoms with Crippen molar-refractivity contribution in [3.05, 3.63) is 52.0 Å². The Bertz CT molecular complexity index is 989. The van der Waals surface area contributed by atoms with Crippen molar-refractivity contribution in [1.82, 2.24) is 4.31 Å². The molecule has 0 spiro atoms. The van der Waals surface area contributed by atoms with E-state index in [0.717, 1.165) is 12.0 Å². The van der Waals surface area contributed by atoms with E-state index >= 15 is 0 Å². The molecule has 0 atom stereocenters. The number of ether oxygens (including phenoxy) is 1. The van der Waals surface area contributed by atoms with E-state index in [1.165, 1.54) is 24.5 Å². The maximum absolute atomic E-state index is 12.7. The third-order valence-corrected chi connectivity index (χ3v) is 6.91. The average Bonchev–Trinajstić information content (AvgIpc) is 2.66. The molecule has 1 aliphatic rings. The quantitative estimate of drug-likeness (QED) is 0.709. The number of carbonyl (C=O) groups is 1. The van der Waals surface area contributed by atoms with E-state index in [9.17, 15) is 13.2 Å². The monoisotopic (exact) mass is 442 g/mol. The summed E-state index contributed by atoms with van der Waals surface area (Å²) < 4.78 is 31.4. The van der Waals surface area contributed by atoms with Crippen molar-refractivity contribution in [1.29, 1.82) is 0 Å². The number of fused-ring (bicyclic) bond motifs is 1. The van der Waals surface area contributed by atoms with Crippen LogP contribution in [0.1, 0.15) is 12.0 Å². The summed E-state index contributed by atoms with van der Waals surface area (Å²) in [7, 11) is -0.552. The molecular formula is C19H20Cl2N2O4S.